The Kier molecular flexibility index (Phi) is 5.22. The van der Waals surface area contributed by atoms with Crippen molar-refractivity contribution in [1.82, 2.24) is 9.21 Å². The minimum Gasteiger partial charge on any atom is -0.343 e. The van der Waals surface area contributed by atoms with E-state index in [2.05, 4.69) is 0 Å². The van der Waals surface area contributed by atoms with Gasteiger partial charge in [0, 0.05) is 38.1 Å². The van der Waals surface area contributed by atoms with Crippen LogP contribution in [0.4, 0.5) is 39.5 Å². The molecule has 1 saturated heterocycles. The summed E-state index contributed by atoms with van der Waals surface area (Å²) in [6, 6.07) is 0. The Morgan fingerprint density at radius 1 is 0.773 bits per heavy atom. The fourth-order valence-corrected chi connectivity index (χ4v) is 2.39. The van der Waals surface area contributed by atoms with Crippen molar-refractivity contribution < 1.29 is 44.3 Å². The maximum absolute atomic E-state index is 13.3. The summed E-state index contributed by atoms with van der Waals surface area (Å²) >= 11 is -1.09. The molecule has 0 spiro atoms. The Morgan fingerprint density at radius 3 is 1.59 bits per heavy atom. The second kappa shape index (κ2) is 5.98. The van der Waals surface area contributed by atoms with Gasteiger partial charge in [-0.1, -0.05) is 0 Å². The zero-order valence-electron chi connectivity index (χ0n) is 10.5. The summed E-state index contributed by atoms with van der Waals surface area (Å²) < 4.78 is 114. The van der Waals surface area contributed by atoms with Crippen LogP contribution in [0.15, 0.2) is 0 Å². The zero-order valence-corrected chi connectivity index (χ0v) is 11.3. The lowest BCUT2D eigenvalue weighted by Gasteiger charge is -2.37. The maximum Gasteiger partial charge on any atom is 0.460 e. The SMILES string of the molecule is O=CN1CCN(SC(F)(F)C(F)(F)C(F)(F)C(F)(F)F)CC1. The standard InChI is InChI=1S/C9H9F9N2OS/c10-6(11,8(14,15)16)7(12,13)9(17,18)22-20-3-1-19(5-21)2-4-20/h5H,1-4H2. The third-order valence-electron chi connectivity index (χ3n) is 2.78. The van der Waals surface area contributed by atoms with Crippen LogP contribution in [-0.4, -0.2) is 65.1 Å². The van der Waals surface area contributed by atoms with Crippen LogP contribution >= 0.6 is 11.9 Å². The topological polar surface area (TPSA) is 23.6 Å². The molecule has 0 atom stereocenters. The number of alkyl halides is 9. The van der Waals surface area contributed by atoms with Gasteiger partial charge < -0.3 is 4.90 Å². The average Bonchev–Trinajstić information content (AvgIpc) is 2.37. The van der Waals surface area contributed by atoms with Gasteiger partial charge in [0.1, 0.15) is 0 Å². The molecule has 1 aliphatic heterocycles. The van der Waals surface area contributed by atoms with Crippen LogP contribution in [0.1, 0.15) is 0 Å². The van der Waals surface area contributed by atoms with Crippen LogP contribution in [0, 0.1) is 0 Å². The summed E-state index contributed by atoms with van der Waals surface area (Å²) in [4.78, 5) is 11.5. The van der Waals surface area contributed by atoms with E-state index in [-0.39, 0.29) is 26.2 Å². The quantitative estimate of drug-likeness (QED) is 0.426. The number of nitrogens with zero attached hydrogens (tertiary/aromatic N) is 2. The minimum absolute atomic E-state index is 0.145. The van der Waals surface area contributed by atoms with Gasteiger partial charge in [-0.05, 0) is 0 Å². The monoisotopic (exact) mass is 364 g/mol. The first kappa shape index (κ1) is 19.2. The van der Waals surface area contributed by atoms with Gasteiger partial charge in [0.15, 0.2) is 0 Å². The molecule has 13 heteroatoms. The number of rotatable bonds is 5. The van der Waals surface area contributed by atoms with Gasteiger partial charge in [-0.2, -0.15) is 39.5 Å². The number of carbonyl (C=O) groups is 1. The summed E-state index contributed by atoms with van der Waals surface area (Å²) in [6.07, 6.45) is -6.46. The molecule has 130 valence electrons. The van der Waals surface area contributed by atoms with Crippen LogP contribution in [0.2, 0.25) is 0 Å². The maximum atomic E-state index is 13.3. The summed E-state index contributed by atoms with van der Waals surface area (Å²) in [6.45, 7) is -1.05. The zero-order chi connectivity index (χ0) is 17.4. The van der Waals surface area contributed by atoms with Crippen molar-refractivity contribution in [3.05, 3.63) is 0 Å². The lowest BCUT2D eigenvalue weighted by molar-refractivity contribution is -0.381. The molecule has 0 N–H and O–H groups in total. The van der Waals surface area contributed by atoms with Crippen LogP contribution in [0.5, 0.6) is 0 Å². The van der Waals surface area contributed by atoms with Crippen LogP contribution < -0.4 is 0 Å². The molecule has 1 aliphatic rings. The highest BCUT2D eigenvalue weighted by molar-refractivity contribution is 7.98. The van der Waals surface area contributed by atoms with Gasteiger partial charge in [-0.3, -0.25) is 4.79 Å². The van der Waals surface area contributed by atoms with E-state index in [4.69, 9.17) is 0 Å². The van der Waals surface area contributed by atoms with Crippen LogP contribution in [0.25, 0.3) is 0 Å². The third-order valence-corrected chi connectivity index (χ3v) is 3.89. The lowest BCUT2D eigenvalue weighted by atomic mass is 10.1. The Bertz CT molecular complexity index is 406. The first-order valence-corrected chi connectivity index (χ1v) is 6.37. The number of piperazine rings is 1. The summed E-state index contributed by atoms with van der Waals surface area (Å²) in [5, 5.41) is -5.69. The molecular weight excluding hydrogens is 355 g/mol. The second-order valence-electron chi connectivity index (χ2n) is 4.33. The Balaban J connectivity index is 2.86. The molecule has 0 aromatic rings. The Labute approximate surface area is 122 Å². The number of hydrogen-bond acceptors (Lipinski definition) is 3. The van der Waals surface area contributed by atoms with Crippen LogP contribution in [0.3, 0.4) is 0 Å². The number of carbonyl (C=O) groups excluding carboxylic acids is 1. The fraction of sp³-hybridized carbons (Fsp3) is 0.889. The molecule has 22 heavy (non-hydrogen) atoms. The molecule has 0 bridgehead atoms. The molecule has 0 aromatic heterocycles. The highest BCUT2D eigenvalue weighted by atomic mass is 32.2. The number of amides is 1. The molecule has 1 fully saturated rings. The minimum atomic E-state index is -6.89. The van der Waals surface area contributed by atoms with E-state index in [1.54, 1.807) is 0 Å². The van der Waals surface area contributed by atoms with Gasteiger partial charge >= 0.3 is 23.3 Å². The number of hydrogen-bond donors (Lipinski definition) is 0. The molecule has 0 saturated carbocycles. The van der Waals surface area contributed by atoms with E-state index in [9.17, 15) is 44.3 Å². The Morgan fingerprint density at radius 2 is 1.23 bits per heavy atom. The van der Waals surface area contributed by atoms with E-state index in [0.717, 1.165) is 4.90 Å². The summed E-state index contributed by atoms with van der Waals surface area (Å²) in [5.41, 5.74) is 0. The highest BCUT2D eigenvalue weighted by Crippen LogP contribution is 2.57. The fourth-order valence-electron chi connectivity index (χ4n) is 1.48. The van der Waals surface area contributed by atoms with Gasteiger partial charge in [0.25, 0.3) is 0 Å². The highest BCUT2D eigenvalue weighted by Gasteiger charge is 2.82. The molecule has 3 nitrogen and oxygen atoms in total. The molecule has 0 aromatic carbocycles. The van der Waals surface area contributed by atoms with E-state index >= 15 is 0 Å². The molecule has 0 aliphatic carbocycles. The van der Waals surface area contributed by atoms with Crippen LogP contribution in [-0.2, 0) is 4.79 Å². The van der Waals surface area contributed by atoms with Gasteiger partial charge in [-0.15, -0.1) is 0 Å². The summed E-state index contributed by atoms with van der Waals surface area (Å²) in [5.74, 6) is -13.5. The molecule has 1 heterocycles. The predicted molar refractivity (Wildman–Crippen MR) is 57.7 cm³/mol. The lowest BCUT2D eigenvalue weighted by Crippen LogP contribution is -2.60. The second-order valence-corrected chi connectivity index (χ2v) is 5.54. The Hall–Kier alpha value is -0.850. The molecular formula is C9H9F9N2OS. The first-order chi connectivity index (χ1) is 9.76. The molecule has 0 radical (unpaired) electrons. The first-order valence-electron chi connectivity index (χ1n) is 5.60. The van der Waals surface area contributed by atoms with E-state index < -0.39 is 35.2 Å². The van der Waals surface area contributed by atoms with Crippen molar-refractivity contribution in [2.75, 3.05) is 26.2 Å². The molecule has 1 rings (SSSR count). The van der Waals surface area contributed by atoms with E-state index in [0.29, 0.717) is 10.7 Å². The van der Waals surface area contributed by atoms with Crippen molar-refractivity contribution in [3.63, 3.8) is 0 Å². The van der Waals surface area contributed by atoms with Crippen molar-refractivity contribution in [2.45, 2.75) is 23.3 Å². The predicted octanol–water partition coefficient (Wildman–Crippen LogP) is 2.83. The normalized spacial score (nSPS) is 19.4. The van der Waals surface area contributed by atoms with Gasteiger partial charge in [0.2, 0.25) is 6.41 Å². The largest absolute Gasteiger partial charge is 0.460 e. The average molecular weight is 364 g/mol. The van der Waals surface area contributed by atoms with Crippen molar-refractivity contribution >= 4 is 18.4 Å². The van der Waals surface area contributed by atoms with Crippen molar-refractivity contribution in [3.8, 4) is 0 Å². The summed E-state index contributed by atoms with van der Waals surface area (Å²) in [7, 11) is 0. The molecule has 0 unspecified atom stereocenters. The third kappa shape index (κ3) is 3.39. The van der Waals surface area contributed by atoms with Crippen molar-refractivity contribution in [2.24, 2.45) is 0 Å². The molecule has 1 amide bonds. The van der Waals surface area contributed by atoms with Crippen molar-refractivity contribution in [1.29, 1.82) is 0 Å². The van der Waals surface area contributed by atoms with E-state index in [1.807, 2.05) is 0 Å². The van der Waals surface area contributed by atoms with E-state index in [1.165, 1.54) is 0 Å². The van der Waals surface area contributed by atoms with Gasteiger partial charge in [-0.25, -0.2) is 4.31 Å². The number of halogens is 9. The smallest absolute Gasteiger partial charge is 0.343 e. The van der Waals surface area contributed by atoms with Gasteiger partial charge in [0.05, 0.1) is 0 Å².